The highest BCUT2D eigenvalue weighted by atomic mass is 19.4. The van der Waals surface area contributed by atoms with Crippen LogP contribution >= 0.6 is 0 Å². The lowest BCUT2D eigenvalue weighted by Gasteiger charge is -2.11. The summed E-state index contributed by atoms with van der Waals surface area (Å²) < 4.78 is 38.5. The summed E-state index contributed by atoms with van der Waals surface area (Å²) in [7, 11) is 0. The van der Waals surface area contributed by atoms with E-state index in [1.54, 1.807) is 19.9 Å². The fourth-order valence-electron chi connectivity index (χ4n) is 1.81. The summed E-state index contributed by atoms with van der Waals surface area (Å²) in [4.78, 5) is 7.01. The van der Waals surface area contributed by atoms with Crippen LogP contribution in [0.1, 0.15) is 17.1 Å². The predicted molar refractivity (Wildman–Crippen MR) is 58.5 cm³/mol. The molecule has 0 aliphatic heterocycles. The lowest BCUT2D eigenvalue weighted by Crippen LogP contribution is -2.07. The standard InChI is InChI=1S/C12H11F3N2/c1-7-11(17-8(2)16-7)9-5-3-4-6-10(9)12(13,14)15/h3-6H,1-2H3,(H,16,17). The first-order chi connectivity index (χ1) is 7.89. The zero-order valence-corrected chi connectivity index (χ0v) is 9.39. The number of nitrogens with one attached hydrogen (secondary N) is 1. The molecule has 0 spiro atoms. The lowest BCUT2D eigenvalue weighted by atomic mass is 10.0. The molecule has 0 aliphatic carbocycles. The molecule has 0 fully saturated rings. The Kier molecular flexibility index (Phi) is 2.69. The number of hydrogen-bond donors (Lipinski definition) is 1. The van der Waals surface area contributed by atoms with Crippen LogP contribution in [-0.4, -0.2) is 9.97 Å². The topological polar surface area (TPSA) is 28.7 Å². The number of H-pyrrole nitrogens is 1. The largest absolute Gasteiger partial charge is 0.417 e. The van der Waals surface area contributed by atoms with Crippen molar-refractivity contribution >= 4 is 0 Å². The number of aromatic nitrogens is 2. The van der Waals surface area contributed by atoms with Gasteiger partial charge in [-0.3, -0.25) is 0 Å². The molecule has 90 valence electrons. The normalized spacial score (nSPS) is 11.8. The lowest BCUT2D eigenvalue weighted by molar-refractivity contribution is -0.137. The Morgan fingerprint density at radius 3 is 2.29 bits per heavy atom. The van der Waals surface area contributed by atoms with Gasteiger partial charge in [0.15, 0.2) is 0 Å². The van der Waals surface area contributed by atoms with Crippen LogP contribution in [0.4, 0.5) is 13.2 Å². The van der Waals surface area contributed by atoms with Crippen LogP contribution in [-0.2, 0) is 6.18 Å². The first-order valence-corrected chi connectivity index (χ1v) is 5.09. The van der Waals surface area contributed by atoms with Gasteiger partial charge >= 0.3 is 6.18 Å². The fourth-order valence-corrected chi connectivity index (χ4v) is 1.81. The monoisotopic (exact) mass is 240 g/mol. The quantitative estimate of drug-likeness (QED) is 0.808. The minimum absolute atomic E-state index is 0.113. The van der Waals surface area contributed by atoms with E-state index in [1.165, 1.54) is 12.1 Å². The highest BCUT2D eigenvalue weighted by Crippen LogP contribution is 2.37. The molecule has 2 rings (SSSR count). The van der Waals surface area contributed by atoms with Crippen molar-refractivity contribution in [3.63, 3.8) is 0 Å². The van der Waals surface area contributed by atoms with Gasteiger partial charge in [-0.1, -0.05) is 18.2 Å². The number of nitrogens with zero attached hydrogens (tertiary/aromatic N) is 1. The second-order valence-electron chi connectivity index (χ2n) is 3.84. The Hall–Kier alpha value is -1.78. The smallest absolute Gasteiger partial charge is 0.346 e. The van der Waals surface area contributed by atoms with Crippen LogP contribution in [0.2, 0.25) is 0 Å². The van der Waals surface area contributed by atoms with E-state index in [2.05, 4.69) is 9.97 Å². The fraction of sp³-hybridized carbons (Fsp3) is 0.250. The average Bonchev–Trinajstić information content (AvgIpc) is 2.56. The third-order valence-corrected chi connectivity index (χ3v) is 2.49. The maximum Gasteiger partial charge on any atom is 0.417 e. The van der Waals surface area contributed by atoms with Crippen molar-refractivity contribution in [3.8, 4) is 11.3 Å². The van der Waals surface area contributed by atoms with E-state index in [0.29, 0.717) is 17.2 Å². The molecule has 17 heavy (non-hydrogen) atoms. The molecular weight excluding hydrogens is 229 g/mol. The van der Waals surface area contributed by atoms with Gasteiger partial charge in [0.2, 0.25) is 0 Å². The van der Waals surface area contributed by atoms with E-state index < -0.39 is 11.7 Å². The molecule has 0 atom stereocenters. The number of rotatable bonds is 1. The number of aryl methyl sites for hydroxylation is 2. The molecule has 0 saturated carbocycles. The van der Waals surface area contributed by atoms with E-state index in [1.807, 2.05) is 0 Å². The number of alkyl halides is 3. The van der Waals surface area contributed by atoms with Gasteiger partial charge in [0, 0.05) is 11.3 Å². The summed E-state index contributed by atoms with van der Waals surface area (Å²) >= 11 is 0. The second kappa shape index (κ2) is 3.91. The van der Waals surface area contributed by atoms with Crippen LogP contribution in [0, 0.1) is 13.8 Å². The van der Waals surface area contributed by atoms with Crippen LogP contribution in [0.5, 0.6) is 0 Å². The summed E-state index contributed by atoms with van der Waals surface area (Å²) in [5, 5.41) is 0. The van der Waals surface area contributed by atoms with Gasteiger partial charge in [0.25, 0.3) is 0 Å². The number of imidazole rings is 1. The molecule has 0 bridgehead atoms. The molecule has 0 amide bonds. The van der Waals surface area contributed by atoms with E-state index in [-0.39, 0.29) is 5.56 Å². The number of aromatic amines is 1. The van der Waals surface area contributed by atoms with E-state index in [4.69, 9.17) is 0 Å². The van der Waals surface area contributed by atoms with Gasteiger partial charge < -0.3 is 4.98 Å². The zero-order valence-electron chi connectivity index (χ0n) is 9.39. The first kappa shape index (κ1) is 11.7. The minimum Gasteiger partial charge on any atom is -0.346 e. The summed E-state index contributed by atoms with van der Waals surface area (Å²) in [5.41, 5.74) is 0.450. The summed E-state index contributed by atoms with van der Waals surface area (Å²) in [5.74, 6) is 0.606. The Bertz CT molecular complexity index is 541. The van der Waals surface area contributed by atoms with E-state index >= 15 is 0 Å². The molecule has 0 aliphatic rings. The maximum atomic E-state index is 12.8. The van der Waals surface area contributed by atoms with Gasteiger partial charge in [-0.05, 0) is 19.9 Å². The molecule has 0 radical (unpaired) electrons. The third kappa shape index (κ3) is 2.18. The molecule has 0 saturated heterocycles. The average molecular weight is 240 g/mol. The van der Waals surface area contributed by atoms with Crippen molar-refractivity contribution in [3.05, 3.63) is 41.3 Å². The highest BCUT2D eigenvalue weighted by molar-refractivity contribution is 5.66. The predicted octanol–water partition coefficient (Wildman–Crippen LogP) is 3.71. The highest BCUT2D eigenvalue weighted by Gasteiger charge is 2.34. The van der Waals surface area contributed by atoms with Crippen LogP contribution < -0.4 is 0 Å². The van der Waals surface area contributed by atoms with Crippen LogP contribution in [0.3, 0.4) is 0 Å². The van der Waals surface area contributed by atoms with Crippen molar-refractivity contribution in [1.82, 2.24) is 9.97 Å². The Labute approximate surface area is 96.5 Å². The van der Waals surface area contributed by atoms with E-state index in [0.717, 1.165) is 6.07 Å². The number of hydrogen-bond acceptors (Lipinski definition) is 1. The third-order valence-electron chi connectivity index (χ3n) is 2.49. The number of benzene rings is 1. The minimum atomic E-state index is -4.37. The van der Waals surface area contributed by atoms with E-state index in [9.17, 15) is 13.2 Å². The summed E-state index contributed by atoms with van der Waals surface area (Å²) in [6.07, 6.45) is -4.37. The summed E-state index contributed by atoms with van der Waals surface area (Å²) in [6, 6.07) is 5.46. The second-order valence-corrected chi connectivity index (χ2v) is 3.84. The SMILES string of the molecule is Cc1nc(-c2ccccc2C(F)(F)F)c(C)[nH]1. The van der Waals surface area contributed by atoms with Crippen molar-refractivity contribution < 1.29 is 13.2 Å². The summed E-state index contributed by atoms with van der Waals surface area (Å²) in [6.45, 7) is 3.43. The van der Waals surface area contributed by atoms with Gasteiger partial charge in [0.1, 0.15) is 5.82 Å². The van der Waals surface area contributed by atoms with Crippen LogP contribution in [0.25, 0.3) is 11.3 Å². The molecule has 1 aromatic carbocycles. The van der Waals surface area contributed by atoms with Gasteiger partial charge in [-0.25, -0.2) is 4.98 Å². The molecule has 5 heteroatoms. The molecule has 1 N–H and O–H groups in total. The van der Waals surface area contributed by atoms with Crippen molar-refractivity contribution in [2.45, 2.75) is 20.0 Å². The van der Waals surface area contributed by atoms with Gasteiger partial charge in [-0.15, -0.1) is 0 Å². The molecule has 1 heterocycles. The zero-order chi connectivity index (χ0) is 12.6. The molecule has 2 nitrogen and oxygen atoms in total. The number of halogens is 3. The Balaban J connectivity index is 2.64. The molecule has 0 unspecified atom stereocenters. The Morgan fingerprint density at radius 1 is 1.12 bits per heavy atom. The van der Waals surface area contributed by atoms with Crippen molar-refractivity contribution in [1.29, 1.82) is 0 Å². The van der Waals surface area contributed by atoms with Crippen molar-refractivity contribution in [2.24, 2.45) is 0 Å². The molecule has 1 aromatic heterocycles. The van der Waals surface area contributed by atoms with Crippen LogP contribution in [0.15, 0.2) is 24.3 Å². The maximum absolute atomic E-state index is 12.8. The van der Waals surface area contributed by atoms with Crippen molar-refractivity contribution in [2.75, 3.05) is 0 Å². The van der Waals surface area contributed by atoms with Gasteiger partial charge in [0.05, 0.1) is 11.3 Å². The first-order valence-electron chi connectivity index (χ1n) is 5.09. The Morgan fingerprint density at radius 2 is 1.76 bits per heavy atom. The molecular formula is C12H11F3N2. The van der Waals surface area contributed by atoms with Gasteiger partial charge in [-0.2, -0.15) is 13.2 Å². The molecule has 2 aromatic rings.